The number of hydrogen-bond donors (Lipinski definition) is 3. The van der Waals surface area contributed by atoms with Gasteiger partial charge in [-0.25, -0.2) is 4.98 Å². The molecule has 8 heteroatoms. The van der Waals surface area contributed by atoms with E-state index in [1.165, 1.54) is 18.2 Å². The molecule has 0 aliphatic carbocycles. The summed E-state index contributed by atoms with van der Waals surface area (Å²) in [6.45, 7) is 0.407. The molecule has 114 valence electrons. The van der Waals surface area contributed by atoms with Crippen molar-refractivity contribution in [3.8, 4) is 0 Å². The van der Waals surface area contributed by atoms with Crippen LogP contribution in [0.15, 0.2) is 30.6 Å². The summed E-state index contributed by atoms with van der Waals surface area (Å²) in [6, 6.07) is 4.12. The molecule has 0 aliphatic rings. The van der Waals surface area contributed by atoms with Gasteiger partial charge in [0.25, 0.3) is 5.91 Å². The number of hydrogen-bond acceptors (Lipinski definition) is 5. The van der Waals surface area contributed by atoms with Gasteiger partial charge in [0.05, 0.1) is 0 Å². The van der Waals surface area contributed by atoms with Gasteiger partial charge in [-0.05, 0) is 17.6 Å². The number of rotatable bonds is 6. The molecule has 3 N–H and O–H groups in total. The number of carbonyl (C=O) groups excluding carboxylic acids is 2. The molecule has 0 atom stereocenters. The molecule has 1 amide bonds. The Morgan fingerprint density at radius 3 is 2.82 bits per heavy atom. The summed E-state index contributed by atoms with van der Waals surface area (Å²) >= 11 is 0. The molecule has 0 bridgehead atoms. The molecule has 22 heavy (non-hydrogen) atoms. The fourth-order valence-electron chi connectivity index (χ4n) is 2.08. The van der Waals surface area contributed by atoms with Gasteiger partial charge in [0.2, 0.25) is 0 Å². The summed E-state index contributed by atoms with van der Waals surface area (Å²) in [5, 5.41) is 21.0. The molecular formula is C14H16BN3O4. The molecule has 1 heterocycles. The van der Waals surface area contributed by atoms with E-state index in [1.54, 1.807) is 6.20 Å². The van der Waals surface area contributed by atoms with Crippen LogP contribution in [0.1, 0.15) is 26.5 Å². The maximum absolute atomic E-state index is 12.0. The highest BCUT2D eigenvalue weighted by molar-refractivity contribution is 6.60. The van der Waals surface area contributed by atoms with Crippen molar-refractivity contribution in [3.63, 3.8) is 0 Å². The van der Waals surface area contributed by atoms with Gasteiger partial charge < -0.3 is 19.9 Å². The highest BCUT2D eigenvalue weighted by Crippen LogP contribution is 2.03. The normalized spacial score (nSPS) is 10.3. The first-order chi connectivity index (χ1) is 10.5. The van der Waals surface area contributed by atoms with Crippen LogP contribution in [-0.4, -0.2) is 45.5 Å². The minimum Gasteiger partial charge on any atom is -0.423 e. The van der Waals surface area contributed by atoms with E-state index in [9.17, 15) is 9.59 Å². The summed E-state index contributed by atoms with van der Waals surface area (Å²) in [4.78, 5) is 27.1. The van der Waals surface area contributed by atoms with Crippen molar-refractivity contribution in [2.24, 2.45) is 7.05 Å². The molecule has 2 aromatic rings. The van der Waals surface area contributed by atoms with Crippen molar-refractivity contribution < 1.29 is 19.6 Å². The molecular weight excluding hydrogens is 285 g/mol. The molecule has 0 radical (unpaired) electrons. The highest BCUT2D eigenvalue weighted by Gasteiger charge is 2.17. The number of benzene rings is 1. The number of amides is 1. The standard InChI is InChI=1S/C14H16BN3O4/c1-18-7-6-16-13(18)4-5-17-14(20)10-2-3-12(15(21)22)11(8-10)9-19/h2-3,6-9,21-22H,4-5H2,1H3,(H,17,20). The van der Waals surface area contributed by atoms with Gasteiger partial charge in [0.15, 0.2) is 0 Å². The van der Waals surface area contributed by atoms with Gasteiger partial charge in [0.1, 0.15) is 12.1 Å². The van der Waals surface area contributed by atoms with Gasteiger partial charge in [0, 0.05) is 43.5 Å². The SMILES string of the molecule is Cn1ccnc1CCNC(=O)c1ccc(B(O)O)c(C=O)c1. The monoisotopic (exact) mass is 301 g/mol. The first kappa shape index (κ1) is 15.9. The molecule has 1 aromatic heterocycles. The fraction of sp³-hybridized carbons (Fsp3) is 0.214. The lowest BCUT2D eigenvalue weighted by Gasteiger charge is -2.08. The molecule has 0 aliphatic heterocycles. The van der Waals surface area contributed by atoms with Crippen LogP contribution < -0.4 is 10.8 Å². The van der Waals surface area contributed by atoms with Crippen LogP contribution in [0.4, 0.5) is 0 Å². The number of imidazole rings is 1. The van der Waals surface area contributed by atoms with Gasteiger partial charge in [-0.15, -0.1) is 0 Å². The summed E-state index contributed by atoms with van der Waals surface area (Å²) in [7, 11) is 0.125. The maximum atomic E-state index is 12.0. The minimum atomic E-state index is -1.75. The Morgan fingerprint density at radius 2 is 2.23 bits per heavy atom. The fourth-order valence-corrected chi connectivity index (χ4v) is 2.08. The van der Waals surface area contributed by atoms with Crippen LogP contribution in [0.2, 0.25) is 0 Å². The van der Waals surface area contributed by atoms with Crippen molar-refractivity contribution >= 4 is 24.8 Å². The lowest BCUT2D eigenvalue weighted by atomic mass is 9.77. The topological polar surface area (TPSA) is 104 Å². The van der Waals surface area contributed by atoms with E-state index in [2.05, 4.69) is 10.3 Å². The largest absolute Gasteiger partial charge is 0.489 e. The summed E-state index contributed by atoms with van der Waals surface area (Å²) in [5.41, 5.74) is 0.428. The summed E-state index contributed by atoms with van der Waals surface area (Å²) in [6.07, 6.45) is 4.58. The second-order valence-electron chi connectivity index (χ2n) is 4.80. The number of carbonyl (C=O) groups is 2. The second-order valence-corrected chi connectivity index (χ2v) is 4.80. The van der Waals surface area contributed by atoms with Crippen LogP contribution in [0, 0.1) is 0 Å². The zero-order chi connectivity index (χ0) is 16.1. The van der Waals surface area contributed by atoms with Crippen molar-refractivity contribution in [3.05, 3.63) is 47.5 Å². The molecule has 0 unspecified atom stereocenters. The molecule has 7 nitrogen and oxygen atoms in total. The van der Waals surface area contributed by atoms with Crippen LogP contribution in [0.3, 0.4) is 0 Å². The van der Waals surface area contributed by atoms with E-state index in [1.807, 2.05) is 17.8 Å². The Kier molecular flexibility index (Phi) is 5.08. The van der Waals surface area contributed by atoms with Crippen LogP contribution in [0.25, 0.3) is 0 Å². The molecule has 0 fully saturated rings. The maximum Gasteiger partial charge on any atom is 0.489 e. The van der Waals surface area contributed by atoms with E-state index >= 15 is 0 Å². The number of aromatic nitrogens is 2. The summed E-state index contributed by atoms with van der Waals surface area (Å²) < 4.78 is 1.87. The Labute approximate surface area is 127 Å². The first-order valence-corrected chi connectivity index (χ1v) is 6.72. The van der Waals surface area contributed by atoms with Crippen molar-refractivity contribution in [1.82, 2.24) is 14.9 Å². The quantitative estimate of drug-likeness (QED) is 0.463. The third kappa shape index (κ3) is 3.60. The Balaban J connectivity index is 2.00. The zero-order valence-electron chi connectivity index (χ0n) is 12.1. The Hall–Kier alpha value is -2.45. The average molecular weight is 301 g/mol. The van der Waals surface area contributed by atoms with E-state index in [0.29, 0.717) is 19.3 Å². The number of aryl methyl sites for hydroxylation is 1. The third-order valence-corrected chi connectivity index (χ3v) is 3.31. The van der Waals surface area contributed by atoms with Gasteiger partial charge in [-0.2, -0.15) is 0 Å². The first-order valence-electron chi connectivity index (χ1n) is 6.72. The number of nitrogens with one attached hydrogen (secondary N) is 1. The predicted molar refractivity (Wildman–Crippen MR) is 80.9 cm³/mol. The van der Waals surface area contributed by atoms with E-state index in [4.69, 9.17) is 10.0 Å². The molecule has 0 saturated heterocycles. The third-order valence-electron chi connectivity index (χ3n) is 3.31. The van der Waals surface area contributed by atoms with Crippen molar-refractivity contribution in [1.29, 1.82) is 0 Å². The summed E-state index contributed by atoms with van der Waals surface area (Å²) in [5.74, 6) is 0.518. The lowest BCUT2D eigenvalue weighted by molar-refractivity contribution is 0.0954. The second kappa shape index (κ2) is 7.01. The van der Waals surface area contributed by atoms with Crippen molar-refractivity contribution in [2.45, 2.75) is 6.42 Å². The van der Waals surface area contributed by atoms with Gasteiger partial charge >= 0.3 is 7.12 Å². The molecule has 0 saturated carbocycles. The molecule has 0 spiro atoms. The number of nitrogens with zero attached hydrogens (tertiary/aromatic N) is 2. The lowest BCUT2D eigenvalue weighted by Crippen LogP contribution is -2.34. The Morgan fingerprint density at radius 1 is 1.45 bits per heavy atom. The minimum absolute atomic E-state index is 0.0690. The highest BCUT2D eigenvalue weighted by atomic mass is 16.4. The Bertz CT molecular complexity index is 684. The van der Waals surface area contributed by atoms with E-state index in [-0.39, 0.29) is 22.5 Å². The van der Waals surface area contributed by atoms with E-state index in [0.717, 1.165) is 5.82 Å². The molecule has 1 aromatic carbocycles. The molecule has 2 rings (SSSR count). The van der Waals surface area contributed by atoms with E-state index < -0.39 is 7.12 Å². The van der Waals surface area contributed by atoms with Crippen LogP contribution in [0.5, 0.6) is 0 Å². The number of aldehydes is 1. The average Bonchev–Trinajstić information content (AvgIpc) is 2.91. The van der Waals surface area contributed by atoms with Crippen LogP contribution in [-0.2, 0) is 13.5 Å². The zero-order valence-corrected chi connectivity index (χ0v) is 12.1. The van der Waals surface area contributed by atoms with Crippen molar-refractivity contribution in [2.75, 3.05) is 6.54 Å². The van der Waals surface area contributed by atoms with Gasteiger partial charge in [-0.1, -0.05) is 6.07 Å². The smallest absolute Gasteiger partial charge is 0.423 e. The van der Waals surface area contributed by atoms with Gasteiger partial charge in [-0.3, -0.25) is 9.59 Å². The van der Waals surface area contributed by atoms with Crippen LogP contribution >= 0.6 is 0 Å². The predicted octanol–water partition coefficient (Wildman–Crippen LogP) is -1.12.